The lowest BCUT2D eigenvalue weighted by Gasteiger charge is -2.10. The molecule has 0 aromatic carbocycles. The van der Waals surface area contributed by atoms with Gasteiger partial charge in [-0.1, -0.05) is 12.2 Å². The molecule has 1 heterocycles. The highest BCUT2D eigenvalue weighted by Crippen LogP contribution is 2.29. The number of pyridine rings is 1. The minimum absolute atomic E-state index is 0.0688. The van der Waals surface area contributed by atoms with E-state index in [4.69, 9.17) is 5.26 Å². The third-order valence-electron chi connectivity index (χ3n) is 1.86. The maximum absolute atomic E-state index is 12.4. The second-order valence-electron chi connectivity index (χ2n) is 3.51. The number of anilines is 1. The van der Waals surface area contributed by atoms with Crippen molar-refractivity contribution >= 4 is 5.82 Å². The smallest absolute Gasteiger partial charge is 0.365 e. The third-order valence-corrected chi connectivity index (χ3v) is 1.86. The van der Waals surface area contributed by atoms with E-state index >= 15 is 0 Å². The zero-order chi connectivity index (χ0) is 13.1. The van der Waals surface area contributed by atoms with Crippen LogP contribution in [0.2, 0.25) is 0 Å². The van der Waals surface area contributed by atoms with Gasteiger partial charge in [0.1, 0.15) is 17.6 Å². The van der Waals surface area contributed by atoms with Crippen molar-refractivity contribution in [2.45, 2.75) is 13.1 Å². The first-order valence-corrected chi connectivity index (χ1v) is 4.71. The average molecular weight is 241 g/mol. The number of alkyl halides is 3. The summed E-state index contributed by atoms with van der Waals surface area (Å²) in [5, 5.41) is 11.4. The van der Waals surface area contributed by atoms with Gasteiger partial charge in [-0.15, -0.1) is 0 Å². The fourth-order valence-corrected chi connectivity index (χ4v) is 1.08. The second-order valence-corrected chi connectivity index (χ2v) is 3.51. The lowest BCUT2D eigenvalue weighted by Crippen LogP contribution is -2.12. The molecule has 0 bridgehead atoms. The van der Waals surface area contributed by atoms with Gasteiger partial charge in [-0.25, -0.2) is 4.98 Å². The van der Waals surface area contributed by atoms with Crippen LogP contribution >= 0.6 is 0 Å². The van der Waals surface area contributed by atoms with Gasteiger partial charge in [0.25, 0.3) is 0 Å². The van der Waals surface area contributed by atoms with Crippen molar-refractivity contribution in [2.24, 2.45) is 0 Å². The van der Waals surface area contributed by atoms with Crippen molar-refractivity contribution in [3.8, 4) is 6.07 Å². The summed E-state index contributed by atoms with van der Waals surface area (Å²) < 4.78 is 37.2. The van der Waals surface area contributed by atoms with Gasteiger partial charge in [-0.2, -0.15) is 18.4 Å². The van der Waals surface area contributed by atoms with E-state index in [-0.39, 0.29) is 17.9 Å². The van der Waals surface area contributed by atoms with Gasteiger partial charge < -0.3 is 5.32 Å². The van der Waals surface area contributed by atoms with Gasteiger partial charge in [-0.3, -0.25) is 0 Å². The van der Waals surface area contributed by atoms with Gasteiger partial charge in [0.2, 0.25) is 0 Å². The summed E-state index contributed by atoms with van der Waals surface area (Å²) in [4.78, 5) is 3.39. The van der Waals surface area contributed by atoms with E-state index in [1.54, 1.807) is 13.0 Å². The molecule has 0 atom stereocenters. The first-order chi connectivity index (χ1) is 7.84. The number of nitrogens with zero attached hydrogens (tertiary/aromatic N) is 2. The summed E-state index contributed by atoms with van der Waals surface area (Å²) in [5.74, 6) is -0.0784. The molecule has 1 N–H and O–H groups in total. The zero-order valence-electron chi connectivity index (χ0n) is 9.10. The molecule has 3 nitrogen and oxygen atoms in total. The normalized spacial score (nSPS) is 10.8. The molecule has 1 rings (SSSR count). The molecule has 0 amide bonds. The van der Waals surface area contributed by atoms with E-state index in [1.165, 1.54) is 0 Å². The molecule has 0 spiro atoms. The fourth-order valence-electron chi connectivity index (χ4n) is 1.08. The molecule has 1 aromatic heterocycles. The summed E-state index contributed by atoms with van der Waals surface area (Å²) in [6.45, 7) is 5.58. The van der Waals surface area contributed by atoms with Crippen LogP contribution in [0, 0.1) is 11.3 Å². The van der Waals surface area contributed by atoms with Crippen molar-refractivity contribution in [1.29, 1.82) is 5.26 Å². The minimum atomic E-state index is -4.52. The average Bonchev–Trinajstić information content (AvgIpc) is 2.24. The molecule has 0 saturated heterocycles. The largest absolute Gasteiger partial charge is 0.433 e. The summed E-state index contributed by atoms with van der Waals surface area (Å²) >= 11 is 0. The Morgan fingerprint density at radius 1 is 1.53 bits per heavy atom. The minimum Gasteiger partial charge on any atom is -0.365 e. The molecule has 6 heteroatoms. The van der Waals surface area contributed by atoms with E-state index in [2.05, 4.69) is 16.9 Å². The second kappa shape index (κ2) is 4.87. The lowest BCUT2D eigenvalue weighted by molar-refractivity contribution is -0.141. The van der Waals surface area contributed by atoms with Crippen molar-refractivity contribution in [1.82, 2.24) is 4.98 Å². The lowest BCUT2D eigenvalue weighted by atomic mass is 10.2. The molecule has 1 aromatic rings. The molecule has 0 aliphatic rings. The van der Waals surface area contributed by atoms with Gasteiger partial charge in [-0.05, 0) is 19.1 Å². The highest BCUT2D eigenvalue weighted by atomic mass is 19.4. The number of aromatic nitrogens is 1. The highest BCUT2D eigenvalue weighted by Gasteiger charge is 2.33. The Morgan fingerprint density at radius 2 is 2.18 bits per heavy atom. The number of hydrogen-bond acceptors (Lipinski definition) is 3. The number of nitrogens with one attached hydrogen (secondary N) is 1. The molecular weight excluding hydrogens is 231 g/mol. The van der Waals surface area contributed by atoms with Crippen LogP contribution < -0.4 is 5.32 Å². The molecule has 0 saturated carbocycles. The molecule has 0 unspecified atom stereocenters. The van der Waals surface area contributed by atoms with Crippen LogP contribution in [0.25, 0.3) is 0 Å². The Hall–Kier alpha value is -2.03. The Balaban J connectivity index is 3.08. The maximum Gasteiger partial charge on any atom is 0.433 e. The summed E-state index contributed by atoms with van der Waals surface area (Å²) in [7, 11) is 0. The van der Waals surface area contributed by atoms with Crippen LogP contribution in [0.4, 0.5) is 19.0 Å². The Kier molecular flexibility index (Phi) is 3.73. The maximum atomic E-state index is 12.4. The van der Waals surface area contributed by atoms with Gasteiger partial charge >= 0.3 is 6.18 Å². The van der Waals surface area contributed by atoms with E-state index in [0.29, 0.717) is 0 Å². The molecule has 0 aliphatic carbocycles. The monoisotopic (exact) mass is 241 g/mol. The van der Waals surface area contributed by atoms with Gasteiger partial charge in [0.05, 0.1) is 5.56 Å². The Bertz CT molecular complexity index is 472. The SMILES string of the molecule is C=C(C)CNc1nc(C(F)(F)F)ccc1C#N. The zero-order valence-corrected chi connectivity index (χ0v) is 9.10. The van der Waals surface area contributed by atoms with Crippen molar-refractivity contribution in [3.63, 3.8) is 0 Å². The van der Waals surface area contributed by atoms with Crippen LogP contribution in [-0.4, -0.2) is 11.5 Å². The number of rotatable bonds is 3. The molecule has 0 fully saturated rings. The molecular formula is C11H10F3N3. The number of hydrogen-bond donors (Lipinski definition) is 1. The van der Waals surface area contributed by atoms with Crippen LogP contribution in [0.5, 0.6) is 0 Å². The molecule has 90 valence electrons. The summed E-state index contributed by atoms with van der Waals surface area (Å²) in [6.07, 6.45) is -4.52. The Labute approximate surface area is 96.6 Å². The summed E-state index contributed by atoms with van der Waals surface area (Å²) in [6, 6.07) is 3.65. The van der Waals surface area contributed by atoms with Crippen LogP contribution in [-0.2, 0) is 6.18 Å². The molecule has 0 radical (unpaired) electrons. The van der Waals surface area contributed by atoms with Crippen molar-refractivity contribution < 1.29 is 13.2 Å². The Morgan fingerprint density at radius 3 is 2.65 bits per heavy atom. The molecule has 0 aliphatic heterocycles. The van der Waals surface area contributed by atoms with E-state index in [0.717, 1.165) is 17.7 Å². The summed E-state index contributed by atoms with van der Waals surface area (Å²) in [5.41, 5.74) is -0.229. The predicted molar refractivity (Wildman–Crippen MR) is 57.3 cm³/mol. The van der Waals surface area contributed by atoms with Gasteiger partial charge in [0, 0.05) is 6.54 Å². The highest BCUT2D eigenvalue weighted by molar-refractivity contribution is 5.53. The topological polar surface area (TPSA) is 48.7 Å². The quantitative estimate of drug-likeness (QED) is 0.827. The van der Waals surface area contributed by atoms with Crippen LogP contribution in [0.15, 0.2) is 24.3 Å². The number of nitriles is 1. The van der Waals surface area contributed by atoms with Gasteiger partial charge in [0.15, 0.2) is 0 Å². The van der Waals surface area contributed by atoms with E-state index in [9.17, 15) is 13.2 Å². The number of halogens is 3. The van der Waals surface area contributed by atoms with E-state index in [1.807, 2.05) is 0 Å². The first-order valence-electron chi connectivity index (χ1n) is 4.71. The first kappa shape index (κ1) is 13.0. The van der Waals surface area contributed by atoms with Crippen LogP contribution in [0.3, 0.4) is 0 Å². The van der Waals surface area contributed by atoms with Crippen LogP contribution in [0.1, 0.15) is 18.2 Å². The fraction of sp³-hybridized carbons (Fsp3) is 0.273. The van der Waals surface area contributed by atoms with Crippen molar-refractivity contribution in [3.05, 3.63) is 35.5 Å². The van der Waals surface area contributed by atoms with E-state index < -0.39 is 11.9 Å². The molecule has 17 heavy (non-hydrogen) atoms. The predicted octanol–water partition coefficient (Wildman–Crippen LogP) is 2.96. The standard InChI is InChI=1S/C11H10F3N3/c1-7(2)6-16-10-8(5-15)3-4-9(17-10)11(12,13)14/h3-4H,1,6H2,2H3,(H,16,17). The third kappa shape index (κ3) is 3.48. The van der Waals surface area contributed by atoms with Crippen molar-refractivity contribution in [2.75, 3.05) is 11.9 Å².